The summed E-state index contributed by atoms with van der Waals surface area (Å²) in [4.78, 5) is 66.2. The van der Waals surface area contributed by atoms with E-state index in [9.17, 15) is 23.6 Å². The smallest absolute Gasteiger partial charge is 0.337 e. The van der Waals surface area contributed by atoms with Crippen molar-refractivity contribution in [1.82, 2.24) is 33.8 Å². The first-order valence-corrected chi connectivity index (χ1v) is 14.7. The fourth-order valence-electron chi connectivity index (χ4n) is 5.94. The zero-order valence-corrected chi connectivity index (χ0v) is 24.3. The van der Waals surface area contributed by atoms with Crippen molar-refractivity contribution in [3.8, 4) is 5.69 Å². The van der Waals surface area contributed by atoms with Crippen LogP contribution in [0.5, 0.6) is 0 Å². The van der Waals surface area contributed by atoms with Gasteiger partial charge in [0.2, 0.25) is 0 Å². The van der Waals surface area contributed by atoms with Gasteiger partial charge in [-0.3, -0.25) is 23.4 Å². The minimum atomic E-state index is -0.716. The van der Waals surface area contributed by atoms with E-state index in [4.69, 9.17) is 0 Å². The third-order valence-corrected chi connectivity index (χ3v) is 8.18. The SMILES string of the molecule is O=C(Nc1ccccc1)c1cccc(-n2c(=O)n(C3CCC(NC(=O)c4cn5cnccc5n4)CC3)c(=O)c3cc(F)cnc32)c1. The van der Waals surface area contributed by atoms with Gasteiger partial charge >= 0.3 is 5.69 Å². The average Bonchev–Trinajstić information content (AvgIpc) is 3.51. The average molecular weight is 619 g/mol. The van der Waals surface area contributed by atoms with Crippen LogP contribution in [0.2, 0.25) is 0 Å². The Morgan fingerprint density at radius 1 is 0.913 bits per heavy atom. The largest absolute Gasteiger partial charge is 0.348 e. The summed E-state index contributed by atoms with van der Waals surface area (Å²) in [5.41, 5.74) is 0.731. The number of carbonyl (C=O) groups excluding carboxylic acids is 2. The molecule has 2 amide bonds. The molecule has 2 N–H and O–H groups in total. The predicted molar refractivity (Wildman–Crippen MR) is 168 cm³/mol. The van der Waals surface area contributed by atoms with Gasteiger partial charge in [-0.2, -0.15) is 0 Å². The molecule has 1 saturated carbocycles. The molecular weight excluding hydrogens is 591 g/mol. The lowest BCUT2D eigenvalue weighted by Crippen LogP contribution is -2.45. The van der Waals surface area contributed by atoms with Crippen LogP contribution in [-0.4, -0.2) is 46.3 Å². The molecule has 7 rings (SSSR count). The van der Waals surface area contributed by atoms with Crippen LogP contribution in [0.1, 0.15) is 52.6 Å². The molecule has 2 aromatic carbocycles. The summed E-state index contributed by atoms with van der Waals surface area (Å²) in [6.45, 7) is 0. The molecule has 1 aliphatic rings. The highest BCUT2D eigenvalue weighted by Gasteiger charge is 2.28. The van der Waals surface area contributed by atoms with E-state index in [0.717, 1.165) is 16.8 Å². The van der Waals surface area contributed by atoms with Crippen LogP contribution in [0, 0.1) is 5.82 Å². The number of nitrogens with zero attached hydrogens (tertiary/aromatic N) is 6. The molecule has 46 heavy (non-hydrogen) atoms. The Bertz CT molecular complexity index is 2200. The fourth-order valence-corrected chi connectivity index (χ4v) is 5.94. The van der Waals surface area contributed by atoms with Gasteiger partial charge in [-0.25, -0.2) is 28.7 Å². The first-order valence-electron chi connectivity index (χ1n) is 14.7. The van der Waals surface area contributed by atoms with E-state index in [1.165, 1.54) is 10.6 Å². The molecular formula is C33H27FN8O4. The summed E-state index contributed by atoms with van der Waals surface area (Å²) in [6.07, 6.45) is 7.56. The molecule has 1 fully saturated rings. The van der Waals surface area contributed by atoms with E-state index in [0.29, 0.717) is 42.7 Å². The summed E-state index contributed by atoms with van der Waals surface area (Å²) < 4.78 is 18.4. The summed E-state index contributed by atoms with van der Waals surface area (Å²) in [6, 6.07) is 17.4. The lowest BCUT2D eigenvalue weighted by atomic mass is 9.90. The number of nitrogens with one attached hydrogen (secondary N) is 2. The number of aromatic nitrogens is 6. The minimum absolute atomic E-state index is 0.0168. The van der Waals surface area contributed by atoms with Gasteiger partial charge in [0.25, 0.3) is 17.4 Å². The fraction of sp³-hybridized carbons (Fsp3) is 0.182. The Labute approximate surface area is 260 Å². The quantitative estimate of drug-likeness (QED) is 0.288. The number of amides is 2. The number of benzene rings is 2. The van der Waals surface area contributed by atoms with Gasteiger partial charge in [0.15, 0.2) is 5.65 Å². The number of fused-ring (bicyclic) bond motifs is 2. The molecule has 0 unspecified atom stereocenters. The van der Waals surface area contributed by atoms with Crippen LogP contribution in [-0.2, 0) is 0 Å². The van der Waals surface area contributed by atoms with Crippen LogP contribution in [0.25, 0.3) is 22.4 Å². The maximum absolute atomic E-state index is 14.4. The molecule has 0 aliphatic heterocycles. The molecule has 6 aromatic rings. The van der Waals surface area contributed by atoms with Crippen molar-refractivity contribution < 1.29 is 14.0 Å². The molecule has 0 radical (unpaired) electrons. The van der Waals surface area contributed by atoms with Crippen LogP contribution >= 0.6 is 0 Å². The molecule has 1 aliphatic carbocycles. The Balaban J connectivity index is 1.18. The van der Waals surface area contributed by atoms with Crippen molar-refractivity contribution in [2.24, 2.45) is 0 Å². The van der Waals surface area contributed by atoms with E-state index in [1.54, 1.807) is 71.7 Å². The highest BCUT2D eigenvalue weighted by Crippen LogP contribution is 2.28. The Morgan fingerprint density at radius 2 is 1.72 bits per heavy atom. The molecule has 0 bridgehead atoms. The summed E-state index contributed by atoms with van der Waals surface area (Å²) in [5.74, 6) is -1.43. The number of carbonyl (C=O) groups is 2. The number of hydrogen-bond donors (Lipinski definition) is 2. The molecule has 0 saturated heterocycles. The van der Waals surface area contributed by atoms with Crippen molar-refractivity contribution in [2.45, 2.75) is 37.8 Å². The Morgan fingerprint density at radius 3 is 2.50 bits per heavy atom. The van der Waals surface area contributed by atoms with Gasteiger partial charge in [0.05, 0.1) is 17.3 Å². The van der Waals surface area contributed by atoms with Gasteiger partial charge in [0, 0.05) is 35.7 Å². The number of para-hydroxylation sites is 1. The van der Waals surface area contributed by atoms with Crippen LogP contribution < -0.4 is 21.9 Å². The molecule has 13 heteroatoms. The van der Waals surface area contributed by atoms with E-state index in [2.05, 4.69) is 25.6 Å². The van der Waals surface area contributed by atoms with E-state index < -0.39 is 29.0 Å². The van der Waals surface area contributed by atoms with Gasteiger partial charge in [-0.1, -0.05) is 24.3 Å². The number of imidazole rings is 1. The van der Waals surface area contributed by atoms with Crippen molar-refractivity contribution in [3.05, 3.63) is 130 Å². The molecule has 230 valence electrons. The molecule has 0 spiro atoms. The number of pyridine rings is 1. The highest BCUT2D eigenvalue weighted by atomic mass is 19.1. The van der Waals surface area contributed by atoms with E-state index in [-0.39, 0.29) is 34.2 Å². The van der Waals surface area contributed by atoms with Crippen molar-refractivity contribution >= 4 is 34.2 Å². The predicted octanol–water partition coefficient (Wildman–Crippen LogP) is 3.90. The molecule has 4 aromatic heterocycles. The maximum Gasteiger partial charge on any atom is 0.337 e. The minimum Gasteiger partial charge on any atom is -0.348 e. The lowest BCUT2D eigenvalue weighted by Gasteiger charge is -2.30. The lowest BCUT2D eigenvalue weighted by molar-refractivity contribution is 0.0917. The Hall–Kier alpha value is -5.98. The van der Waals surface area contributed by atoms with E-state index >= 15 is 0 Å². The number of rotatable bonds is 6. The third-order valence-electron chi connectivity index (χ3n) is 8.18. The monoisotopic (exact) mass is 618 g/mol. The topological polar surface area (TPSA) is 145 Å². The zero-order valence-electron chi connectivity index (χ0n) is 24.3. The van der Waals surface area contributed by atoms with Gasteiger partial charge in [0.1, 0.15) is 23.5 Å². The third kappa shape index (κ3) is 5.42. The number of hydrogen-bond acceptors (Lipinski definition) is 7. The normalized spacial score (nSPS) is 16.4. The van der Waals surface area contributed by atoms with E-state index in [1.807, 2.05) is 6.07 Å². The van der Waals surface area contributed by atoms with Crippen LogP contribution in [0.15, 0.2) is 101 Å². The summed E-state index contributed by atoms with van der Waals surface area (Å²) in [5, 5.41) is 5.76. The first kappa shape index (κ1) is 28.8. The van der Waals surface area contributed by atoms with Crippen molar-refractivity contribution in [1.29, 1.82) is 0 Å². The second-order valence-corrected chi connectivity index (χ2v) is 11.1. The molecule has 4 heterocycles. The first-order chi connectivity index (χ1) is 22.4. The Kier molecular flexibility index (Phi) is 7.41. The van der Waals surface area contributed by atoms with Crippen LogP contribution in [0.3, 0.4) is 0 Å². The van der Waals surface area contributed by atoms with Crippen LogP contribution in [0.4, 0.5) is 10.1 Å². The summed E-state index contributed by atoms with van der Waals surface area (Å²) in [7, 11) is 0. The van der Waals surface area contributed by atoms with Crippen molar-refractivity contribution in [3.63, 3.8) is 0 Å². The zero-order chi connectivity index (χ0) is 31.8. The van der Waals surface area contributed by atoms with Crippen molar-refractivity contribution in [2.75, 3.05) is 5.32 Å². The number of anilines is 1. The summed E-state index contributed by atoms with van der Waals surface area (Å²) >= 11 is 0. The molecule has 0 atom stereocenters. The van der Waals surface area contributed by atoms with Gasteiger partial charge in [-0.05, 0) is 68.1 Å². The highest BCUT2D eigenvalue weighted by molar-refractivity contribution is 6.04. The second kappa shape index (κ2) is 11.8. The molecule has 12 nitrogen and oxygen atoms in total. The second-order valence-electron chi connectivity index (χ2n) is 11.1. The maximum atomic E-state index is 14.4. The van der Waals surface area contributed by atoms with Gasteiger partial charge in [-0.15, -0.1) is 0 Å². The standard InChI is InChI=1S/C33H27FN8O4/c34-21-16-26-29(36-17-21)41(25-8-4-5-20(15-25)30(43)37-22-6-2-1-3-7-22)33(46)42(32(26)45)24-11-9-23(10-12-24)38-31(44)27-18-40-19-35-14-13-28(40)39-27/h1-8,13-19,23-24H,9-12H2,(H,37,43)(H,38,44). The number of halogens is 1. The van der Waals surface area contributed by atoms with Gasteiger partial charge < -0.3 is 10.6 Å².